The Kier molecular flexibility index (Phi) is 62.6. The van der Waals surface area contributed by atoms with Crippen molar-refractivity contribution in [3.05, 3.63) is 36.5 Å². The molecule has 0 aromatic heterocycles. The highest BCUT2D eigenvalue weighted by Gasteiger charge is 2.44. The van der Waals surface area contributed by atoms with Gasteiger partial charge in [0.15, 0.2) is 6.29 Å². The van der Waals surface area contributed by atoms with Crippen LogP contribution < -0.4 is 5.32 Å². The van der Waals surface area contributed by atoms with E-state index in [1.165, 1.54) is 327 Å². The lowest BCUT2D eigenvalue weighted by molar-refractivity contribution is -0.302. The predicted octanol–water partition coefficient (Wildman–Crippen LogP) is 21.0. The van der Waals surface area contributed by atoms with Crippen LogP contribution >= 0.6 is 0 Å². The van der Waals surface area contributed by atoms with Gasteiger partial charge < -0.3 is 40.3 Å². The number of unbranched alkanes of at least 4 members (excludes halogenated alkanes) is 53. The third-order valence-corrected chi connectivity index (χ3v) is 18.2. The van der Waals surface area contributed by atoms with Crippen molar-refractivity contribution in [2.24, 2.45) is 0 Å². The highest BCUT2D eigenvalue weighted by Crippen LogP contribution is 2.24. The van der Waals surface area contributed by atoms with Crippen molar-refractivity contribution in [1.29, 1.82) is 0 Å². The first kappa shape index (κ1) is 81.4. The SMILES string of the molecule is CCCCCCCCCC/C=C\CCCCCCCCCCCCCCCCCCCC(=O)NC(COC1OC(CO)C(O)C(O)C1O)C(O)/C=C/CC/C=C/CCCCCCCCCCCCCCCCCCCCCCCCCCCCC. The monoisotopic (exact) mass is 1200 g/mol. The van der Waals surface area contributed by atoms with Crippen molar-refractivity contribution < 1.29 is 39.8 Å². The number of aliphatic hydroxyl groups is 5. The van der Waals surface area contributed by atoms with Crippen molar-refractivity contribution in [3.63, 3.8) is 0 Å². The van der Waals surface area contributed by atoms with Gasteiger partial charge >= 0.3 is 0 Å². The fourth-order valence-corrected chi connectivity index (χ4v) is 12.3. The number of nitrogens with one attached hydrogen (secondary N) is 1. The van der Waals surface area contributed by atoms with Gasteiger partial charge in [-0.25, -0.2) is 0 Å². The molecule has 1 saturated heterocycles. The Morgan fingerprint density at radius 3 is 0.988 bits per heavy atom. The molecule has 1 aliphatic heterocycles. The van der Waals surface area contributed by atoms with Crippen molar-refractivity contribution in [3.8, 4) is 0 Å². The molecule has 0 saturated carbocycles. The van der Waals surface area contributed by atoms with Crippen LogP contribution in [0.4, 0.5) is 0 Å². The van der Waals surface area contributed by atoms with Gasteiger partial charge in [0.1, 0.15) is 24.4 Å². The van der Waals surface area contributed by atoms with Gasteiger partial charge in [-0.3, -0.25) is 4.79 Å². The van der Waals surface area contributed by atoms with Crippen molar-refractivity contribution in [1.82, 2.24) is 5.32 Å². The van der Waals surface area contributed by atoms with E-state index < -0.39 is 49.5 Å². The molecule has 7 unspecified atom stereocenters. The van der Waals surface area contributed by atoms with E-state index in [0.717, 1.165) is 38.5 Å². The largest absolute Gasteiger partial charge is 0.394 e. The summed E-state index contributed by atoms with van der Waals surface area (Å²) in [6, 6.07) is -0.823. The summed E-state index contributed by atoms with van der Waals surface area (Å²) < 4.78 is 11.3. The number of rotatable bonds is 67. The summed E-state index contributed by atoms with van der Waals surface area (Å²) in [5.41, 5.74) is 0. The van der Waals surface area contributed by atoms with Crippen LogP contribution in [0, 0.1) is 0 Å². The lowest BCUT2D eigenvalue weighted by Gasteiger charge is -2.40. The summed E-state index contributed by atoms with van der Waals surface area (Å²) >= 11 is 0. The van der Waals surface area contributed by atoms with Gasteiger partial charge in [-0.2, -0.15) is 0 Å². The van der Waals surface area contributed by atoms with E-state index in [1.54, 1.807) is 6.08 Å². The van der Waals surface area contributed by atoms with Gasteiger partial charge in [0.25, 0.3) is 0 Å². The number of amides is 1. The molecule has 1 fully saturated rings. The van der Waals surface area contributed by atoms with E-state index in [-0.39, 0.29) is 12.5 Å². The van der Waals surface area contributed by atoms with Crippen molar-refractivity contribution >= 4 is 5.91 Å². The molecule has 7 atom stereocenters. The zero-order valence-corrected chi connectivity index (χ0v) is 56.4. The van der Waals surface area contributed by atoms with Crippen LogP contribution in [-0.2, 0) is 14.3 Å². The first-order chi connectivity index (χ1) is 41.8. The van der Waals surface area contributed by atoms with Crippen LogP contribution in [0.3, 0.4) is 0 Å². The van der Waals surface area contributed by atoms with Gasteiger partial charge in [0.2, 0.25) is 5.91 Å². The second kappa shape index (κ2) is 65.4. The van der Waals surface area contributed by atoms with Gasteiger partial charge in [-0.15, -0.1) is 0 Å². The summed E-state index contributed by atoms with van der Waals surface area (Å²) in [5.74, 6) is -0.179. The Balaban J connectivity index is 2.11. The van der Waals surface area contributed by atoms with Gasteiger partial charge in [0.05, 0.1) is 25.4 Å². The Morgan fingerprint density at radius 1 is 0.388 bits per heavy atom. The molecule has 0 spiro atoms. The van der Waals surface area contributed by atoms with Gasteiger partial charge in [0, 0.05) is 6.42 Å². The number of carbonyl (C=O) groups excluding carboxylic acids is 1. The fraction of sp³-hybridized carbons (Fsp3) is 0.908. The zero-order valence-electron chi connectivity index (χ0n) is 56.4. The van der Waals surface area contributed by atoms with E-state index in [9.17, 15) is 30.3 Å². The first-order valence-electron chi connectivity index (χ1n) is 37.7. The molecule has 1 rings (SSSR count). The maximum Gasteiger partial charge on any atom is 0.220 e. The molecule has 0 radical (unpaired) electrons. The molecule has 9 heteroatoms. The number of hydrogen-bond donors (Lipinski definition) is 6. The normalized spacial score (nSPS) is 18.2. The summed E-state index contributed by atoms with van der Waals surface area (Å²) in [6.45, 7) is 3.82. The van der Waals surface area contributed by atoms with Crippen molar-refractivity contribution in [2.75, 3.05) is 13.2 Å². The molecule has 9 nitrogen and oxygen atoms in total. The fourth-order valence-electron chi connectivity index (χ4n) is 12.3. The minimum atomic E-state index is -1.57. The Bertz CT molecular complexity index is 1440. The summed E-state index contributed by atoms with van der Waals surface area (Å²) in [5, 5.41) is 54.8. The van der Waals surface area contributed by atoms with Crippen molar-refractivity contribution in [2.45, 2.75) is 429 Å². The molecule has 85 heavy (non-hydrogen) atoms. The van der Waals surface area contributed by atoms with E-state index in [4.69, 9.17) is 9.47 Å². The minimum Gasteiger partial charge on any atom is -0.394 e. The second-order valence-electron chi connectivity index (χ2n) is 26.4. The van der Waals surface area contributed by atoms with E-state index >= 15 is 0 Å². The van der Waals surface area contributed by atoms with Crippen LogP contribution in [0.1, 0.15) is 386 Å². The Morgan fingerprint density at radius 2 is 0.671 bits per heavy atom. The van der Waals surface area contributed by atoms with Crippen LogP contribution in [0.5, 0.6) is 0 Å². The number of hydrogen-bond acceptors (Lipinski definition) is 8. The number of carbonyl (C=O) groups is 1. The predicted molar refractivity (Wildman–Crippen MR) is 364 cm³/mol. The quantitative estimate of drug-likeness (QED) is 0.0261. The highest BCUT2D eigenvalue weighted by molar-refractivity contribution is 5.76. The third kappa shape index (κ3) is 53.9. The summed E-state index contributed by atoms with van der Waals surface area (Å²) in [4.78, 5) is 13.1. The molecule has 0 aromatic carbocycles. The molecule has 6 N–H and O–H groups in total. The maximum absolute atomic E-state index is 13.1. The minimum absolute atomic E-state index is 0.179. The topological polar surface area (TPSA) is 149 Å². The third-order valence-electron chi connectivity index (χ3n) is 18.2. The molecule has 1 heterocycles. The lowest BCUT2D eigenvalue weighted by atomic mass is 9.99. The molecule has 1 amide bonds. The highest BCUT2D eigenvalue weighted by atomic mass is 16.7. The molecule has 1 aliphatic rings. The number of allylic oxidation sites excluding steroid dienone is 5. The Hall–Kier alpha value is -1.59. The van der Waals surface area contributed by atoms with E-state index in [0.29, 0.717) is 6.42 Å². The van der Waals surface area contributed by atoms with Gasteiger partial charge in [-0.1, -0.05) is 359 Å². The molecule has 502 valence electrons. The Labute approximate surface area is 527 Å². The first-order valence-corrected chi connectivity index (χ1v) is 37.7. The maximum atomic E-state index is 13.1. The van der Waals surface area contributed by atoms with Crippen LogP contribution in [-0.4, -0.2) is 87.5 Å². The van der Waals surface area contributed by atoms with Crippen LogP contribution in [0.25, 0.3) is 0 Å². The number of ether oxygens (including phenoxy) is 2. The second-order valence-corrected chi connectivity index (χ2v) is 26.4. The standard InChI is InChI=1S/C76H145NO8/c1-3-5-7-9-11-13-15-17-19-21-23-25-27-29-31-33-34-35-36-38-39-41-43-45-47-49-51-53-55-57-59-61-63-65-70(79)69(68-84-76-75(83)74(82)73(81)71(67-78)85-76)77-72(80)66-64-62-60-58-56-54-52-50-48-46-44-42-40-37-32-30-28-26-24-22-20-18-16-14-12-10-8-6-4-2/h22,24,55,57,63,65,69-71,73-76,78-79,81-83H,3-21,23,25-54,56,58-62,64,66-68H2,1-2H3,(H,77,80)/b24-22-,57-55+,65-63+. The summed E-state index contributed by atoms with van der Waals surface area (Å²) in [6.07, 6.45) is 81.4. The number of aliphatic hydroxyl groups excluding tert-OH is 5. The smallest absolute Gasteiger partial charge is 0.220 e. The molecule has 0 aromatic rings. The van der Waals surface area contributed by atoms with Gasteiger partial charge in [-0.05, 0) is 57.8 Å². The van der Waals surface area contributed by atoms with E-state index in [2.05, 4.69) is 43.5 Å². The van der Waals surface area contributed by atoms with E-state index in [1.807, 2.05) is 6.08 Å². The van der Waals surface area contributed by atoms with Crippen LogP contribution in [0.15, 0.2) is 36.5 Å². The zero-order chi connectivity index (χ0) is 61.4. The molecule has 0 bridgehead atoms. The molecular formula is C76H145NO8. The lowest BCUT2D eigenvalue weighted by Crippen LogP contribution is -2.60. The summed E-state index contributed by atoms with van der Waals surface area (Å²) in [7, 11) is 0. The van der Waals surface area contributed by atoms with Crippen LogP contribution in [0.2, 0.25) is 0 Å². The average molecular weight is 1200 g/mol. The molecule has 0 aliphatic carbocycles. The average Bonchev–Trinajstić information content (AvgIpc) is 3.56. The molecular weight excluding hydrogens is 1050 g/mol.